The zero-order valence-corrected chi connectivity index (χ0v) is 9.89. The molecule has 1 fully saturated rings. The van der Waals surface area contributed by atoms with Crippen molar-refractivity contribution in [2.24, 2.45) is 0 Å². The lowest BCUT2D eigenvalue weighted by atomic mass is 10.2. The Morgan fingerprint density at radius 1 is 1.47 bits per heavy atom. The van der Waals surface area contributed by atoms with Gasteiger partial charge < -0.3 is 19.7 Å². The van der Waals surface area contributed by atoms with E-state index in [9.17, 15) is 14.4 Å². The highest BCUT2D eigenvalue weighted by Crippen LogP contribution is 2.06. The Morgan fingerprint density at radius 3 is 2.76 bits per heavy atom. The predicted molar refractivity (Wildman–Crippen MR) is 57.0 cm³/mol. The van der Waals surface area contributed by atoms with Crippen molar-refractivity contribution >= 4 is 17.8 Å². The molecule has 0 aromatic carbocycles. The SMILES string of the molecule is COC(=O)C1CN(C(=O)CNC(C)=O)CCO1. The predicted octanol–water partition coefficient (Wildman–Crippen LogP) is -1.48. The van der Waals surface area contributed by atoms with Crippen LogP contribution < -0.4 is 5.32 Å². The lowest BCUT2D eigenvalue weighted by molar-refractivity contribution is -0.162. The maximum Gasteiger partial charge on any atom is 0.336 e. The highest BCUT2D eigenvalue weighted by Gasteiger charge is 2.29. The number of methoxy groups -OCH3 is 1. The molecule has 1 heterocycles. The second-order valence-electron chi connectivity index (χ2n) is 3.63. The van der Waals surface area contributed by atoms with Gasteiger partial charge in [0.15, 0.2) is 6.10 Å². The first-order valence-corrected chi connectivity index (χ1v) is 5.26. The average molecular weight is 244 g/mol. The molecule has 7 heteroatoms. The van der Waals surface area contributed by atoms with Crippen LogP contribution in [0.5, 0.6) is 0 Å². The van der Waals surface area contributed by atoms with E-state index in [0.29, 0.717) is 6.54 Å². The molecule has 0 saturated carbocycles. The molecular weight excluding hydrogens is 228 g/mol. The van der Waals surface area contributed by atoms with Crippen LogP contribution in [0.2, 0.25) is 0 Å². The minimum absolute atomic E-state index is 0.0662. The molecule has 1 aliphatic heterocycles. The van der Waals surface area contributed by atoms with Crippen LogP contribution in [0.4, 0.5) is 0 Å². The third-order valence-corrected chi connectivity index (χ3v) is 2.37. The van der Waals surface area contributed by atoms with Crippen LogP contribution in [0, 0.1) is 0 Å². The van der Waals surface area contributed by atoms with Crippen LogP contribution in [0.1, 0.15) is 6.92 Å². The smallest absolute Gasteiger partial charge is 0.336 e. The van der Waals surface area contributed by atoms with Crippen molar-refractivity contribution < 1.29 is 23.9 Å². The summed E-state index contributed by atoms with van der Waals surface area (Å²) in [5.74, 6) is -1.00. The summed E-state index contributed by atoms with van der Waals surface area (Å²) in [6.45, 7) is 2.12. The van der Waals surface area contributed by atoms with Gasteiger partial charge in [-0.15, -0.1) is 0 Å². The lowest BCUT2D eigenvalue weighted by Gasteiger charge is -2.31. The van der Waals surface area contributed by atoms with Crippen LogP contribution in [0.15, 0.2) is 0 Å². The largest absolute Gasteiger partial charge is 0.467 e. The standard InChI is InChI=1S/C10H16N2O5/c1-7(13)11-5-9(14)12-3-4-17-8(6-12)10(15)16-2/h8H,3-6H2,1-2H3,(H,11,13). The van der Waals surface area contributed by atoms with E-state index in [4.69, 9.17) is 4.74 Å². The Morgan fingerprint density at radius 2 is 2.18 bits per heavy atom. The number of morpholine rings is 1. The fourth-order valence-corrected chi connectivity index (χ4v) is 1.46. The molecule has 1 aliphatic rings. The van der Waals surface area contributed by atoms with Crippen LogP contribution >= 0.6 is 0 Å². The number of hydrogen-bond acceptors (Lipinski definition) is 5. The van der Waals surface area contributed by atoms with Crippen LogP contribution in [0.3, 0.4) is 0 Å². The molecule has 96 valence electrons. The van der Waals surface area contributed by atoms with E-state index in [-0.39, 0.29) is 31.5 Å². The van der Waals surface area contributed by atoms with Crippen molar-refractivity contribution in [2.45, 2.75) is 13.0 Å². The fourth-order valence-electron chi connectivity index (χ4n) is 1.46. The van der Waals surface area contributed by atoms with E-state index >= 15 is 0 Å². The summed E-state index contributed by atoms with van der Waals surface area (Å²) in [5, 5.41) is 2.41. The highest BCUT2D eigenvalue weighted by molar-refractivity contribution is 5.84. The first kappa shape index (κ1) is 13.4. The topological polar surface area (TPSA) is 84.9 Å². The Kier molecular flexibility index (Phi) is 4.89. The molecule has 0 spiro atoms. The maximum absolute atomic E-state index is 11.7. The van der Waals surface area contributed by atoms with Gasteiger partial charge in [-0.25, -0.2) is 4.79 Å². The molecule has 1 N–H and O–H groups in total. The summed E-state index contributed by atoms with van der Waals surface area (Å²) in [6.07, 6.45) is -0.741. The molecule has 1 unspecified atom stereocenters. The van der Waals surface area contributed by atoms with Gasteiger partial charge in [-0.1, -0.05) is 0 Å². The number of esters is 1. The summed E-state index contributed by atoms with van der Waals surface area (Å²) >= 11 is 0. The molecule has 1 rings (SSSR count). The third-order valence-electron chi connectivity index (χ3n) is 2.37. The van der Waals surface area contributed by atoms with Crippen LogP contribution in [-0.2, 0) is 23.9 Å². The van der Waals surface area contributed by atoms with Gasteiger partial charge in [0.2, 0.25) is 11.8 Å². The number of nitrogens with one attached hydrogen (secondary N) is 1. The summed E-state index contributed by atoms with van der Waals surface area (Å²) in [7, 11) is 1.27. The Hall–Kier alpha value is -1.63. The quantitative estimate of drug-likeness (QED) is 0.612. The van der Waals surface area contributed by atoms with E-state index in [0.717, 1.165) is 0 Å². The Balaban J connectivity index is 2.45. The summed E-state index contributed by atoms with van der Waals surface area (Å²) in [6, 6.07) is 0. The van der Waals surface area contributed by atoms with E-state index in [2.05, 4.69) is 10.1 Å². The zero-order valence-electron chi connectivity index (χ0n) is 9.89. The van der Waals surface area contributed by atoms with Gasteiger partial charge in [0, 0.05) is 13.5 Å². The van der Waals surface area contributed by atoms with Gasteiger partial charge in [-0.2, -0.15) is 0 Å². The highest BCUT2D eigenvalue weighted by atomic mass is 16.6. The number of carbonyl (C=O) groups is 3. The minimum Gasteiger partial charge on any atom is -0.467 e. The van der Waals surface area contributed by atoms with Crippen LogP contribution in [-0.4, -0.2) is 62.1 Å². The fraction of sp³-hybridized carbons (Fsp3) is 0.700. The number of hydrogen-bond donors (Lipinski definition) is 1. The summed E-state index contributed by atoms with van der Waals surface area (Å²) < 4.78 is 9.73. The lowest BCUT2D eigenvalue weighted by Crippen LogP contribution is -2.51. The van der Waals surface area contributed by atoms with Crippen molar-refractivity contribution in [1.82, 2.24) is 10.2 Å². The van der Waals surface area contributed by atoms with E-state index in [1.165, 1.54) is 18.9 Å². The van der Waals surface area contributed by atoms with Gasteiger partial charge in [-0.05, 0) is 0 Å². The zero-order chi connectivity index (χ0) is 12.8. The van der Waals surface area contributed by atoms with Crippen LogP contribution in [0.25, 0.3) is 0 Å². The van der Waals surface area contributed by atoms with Crippen molar-refractivity contribution in [1.29, 1.82) is 0 Å². The Labute approximate surface area is 99.0 Å². The van der Waals surface area contributed by atoms with Crippen molar-refractivity contribution in [2.75, 3.05) is 33.4 Å². The van der Waals surface area contributed by atoms with Gasteiger partial charge >= 0.3 is 5.97 Å². The van der Waals surface area contributed by atoms with E-state index < -0.39 is 12.1 Å². The van der Waals surface area contributed by atoms with E-state index in [1.54, 1.807) is 0 Å². The number of amides is 2. The number of carbonyl (C=O) groups excluding carboxylic acids is 3. The molecule has 2 amide bonds. The number of rotatable bonds is 3. The first-order chi connectivity index (χ1) is 8.04. The summed E-state index contributed by atoms with van der Waals surface area (Å²) in [5.41, 5.74) is 0. The molecule has 17 heavy (non-hydrogen) atoms. The molecule has 7 nitrogen and oxygen atoms in total. The normalized spacial score (nSPS) is 19.6. The molecular formula is C10H16N2O5. The van der Waals surface area contributed by atoms with Crippen molar-refractivity contribution in [3.05, 3.63) is 0 Å². The molecule has 0 radical (unpaired) electrons. The Bertz CT molecular complexity index is 318. The second-order valence-corrected chi connectivity index (χ2v) is 3.63. The molecule has 0 aromatic rings. The van der Waals surface area contributed by atoms with Crippen molar-refractivity contribution in [3.63, 3.8) is 0 Å². The van der Waals surface area contributed by atoms with Gasteiger partial charge in [0.05, 0.1) is 26.8 Å². The average Bonchev–Trinajstić information content (AvgIpc) is 2.35. The number of ether oxygens (including phenoxy) is 2. The maximum atomic E-state index is 11.7. The first-order valence-electron chi connectivity index (χ1n) is 5.26. The van der Waals surface area contributed by atoms with Gasteiger partial charge in [0.1, 0.15) is 0 Å². The molecule has 0 aromatic heterocycles. The summed E-state index contributed by atoms with van der Waals surface area (Å²) in [4.78, 5) is 35.1. The van der Waals surface area contributed by atoms with E-state index in [1.807, 2.05) is 0 Å². The minimum atomic E-state index is -0.741. The molecule has 0 bridgehead atoms. The van der Waals surface area contributed by atoms with Gasteiger partial charge in [0.25, 0.3) is 0 Å². The third kappa shape index (κ3) is 4.03. The van der Waals surface area contributed by atoms with Crippen molar-refractivity contribution in [3.8, 4) is 0 Å². The molecule has 1 atom stereocenters. The number of nitrogens with zero attached hydrogens (tertiary/aromatic N) is 1. The molecule has 0 aliphatic carbocycles. The molecule has 1 saturated heterocycles. The van der Waals surface area contributed by atoms with Gasteiger partial charge in [-0.3, -0.25) is 9.59 Å². The second kappa shape index (κ2) is 6.19. The monoisotopic (exact) mass is 244 g/mol.